The Labute approximate surface area is 100 Å². The number of aryl methyl sites for hydroxylation is 1. The Morgan fingerprint density at radius 3 is 2.88 bits per heavy atom. The van der Waals surface area contributed by atoms with Crippen LogP contribution in [0.2, 0.25) is 0 Å². The highest BCUT2D eigenvalue weighted by Crippen LogP contribution is 2.28. The summed E-state index contributed by atoms with van der Waals surface area (Å²) >= 11 is 0. The van der Waals surface area contributed by atoms with Gasteiger partial charge in [-0.3, -0.25) is 0 Å². The molecule has 0 saturated carbocycles. The predicted octanol–water partition coefficient (Wildman–Crippen LogP) is 1.74. The van der Waals surface area contributed by atoms with Crippen molar-refractivity contribution in [2.75, 3.05) is 6.61 Å². The quantitative estimate of drug-likeness (QED) is 0.812. The smallest absolute Gasteiger partial charge is 0.347 e. The first-order valence-electron chi connectivity index (χ1n) is 5.70. The van der Waals surface area contributed by atoms with Crippen molar-refractivity contribution in [2.24, 2.45) is 0 Å². The molecule has 1 aliphatic rings. The van der Waals surface area contributed by atoms with E-state index < -0.39 is 12.2 Å². The van der Waals surface area contributed by atoms with Gasteiger partial charge in [0.15, 0.2) is 6.10 Å². The summed E-state index contributed by atoms with van der Waals surface area (Å²) in [6.45, 7) is 4.02. The number of ether oxygens (including phenoxy) is 2. The molecule has 2 unspecified atom stereocenters. The van der Waals surface area contributed by atoms with Gasteiger partial charge in [-0.05, 0) is 26.0 Å². The first kappa shape index (κ1) is 11.9. The van der Waals surface area contributed by atoms with Crippen LogP contribution < -0.4 is 4.74 Å². The second-order valence-corrected chi connectivity index (χ2v) is 4.28. The van der Waals surface area contributed by atoms with E-state index in [-0.39, 0.29) is 5.97 Å². The first-order valence-corrected chi connectivity index (χ1v) is 5.70. The molecule has 1 aliphatic heterocycles. The van der Waals surface area contributed by atoms with Crippen molar-refractivity contribution in [3.05, 3.63) is 29.3 Å². The molecule has 92 valence electrons. The molecule has 0 bridgehead atoms. The van der Waals surface area contributed by atoms with Crippen LogP contribution in [0, 0.1) is 6.92 Å². The number of rotatable bonds is 3. The van der Waals surface area contributed by atoms with Crippen LogP contribution >= 0.6 is 0 Å². The van der Waals surface area contributed by atoms with Gasteiger partial charge >= 0.3 is 5.97 Å². The molecule has 17 heavy (non-hydrogen) atoms. The maximum absolute atomic E-state index is 11.3. The standard InChI is InChI=1S/C13H16O4/c1-8-3-4-11(10(7-8)9(2)14)17-12-5-6-16-13(12)15/h3-4,7,9,12,14H,5-6H2,1-2H3. The maximum Gasteiger partial charge on any atom is 0.347 e. The van der Waals surface area contributed by atoms with Crippen LogP contribution in [0.1, 0.15) is 30.6 Å². The average Bonchev–Trinajstić information content (AvgIpc) is 2.67. The van der Waals surface area contributed by atoms with Crippen molar-refractivity contribution in [3.8, 4) is 5.75 Å². The molecule has 0 aromatic heterocycles. The largest absolute Gasteiger partial charge is 0.478 e. The summed E-state index contributed by atoms with van der Waals surface area (Å²) in [6.07, 6.45) is -0.607. The highest BCUT2D eigenvalue weighted by Gasteiger charge is 2.29. The normalized spacial score (nSPS) is 21.1. The molecule has 1 heterocycles. The van der Waals surface area contributed by atoms with E-state index in [0.29, 0.717) is 24.3 Å². The van der Waals surface area contributed by atoms with Crippen molar-refractivity contribution in [1.29, 1.82) is 0 Å². The van der Waals surface area contributed by atoms with E-state index in [1.807, 2.05) is 19.1 Å². The van der Waals surface area contributed by atoms with E-state index >= 15 is 0 Å². The van der Waals surface area contributed by atoms with E-state index in [2.05, 4.69) is 0 Å². The van der Waals surface area contributed by atoms with Crippen LogP contribution in [0.4, 0.5) is 0 Å². The van der Waals surface area contributed by atoms with Crippen molar-refractivity contribution in [3.63, 3.8) is 0 Å². The number of carbonyl (C=O) groups excluding carboxylic acids is 1. The molecule has 0 radical (unpaired) electrons. The van der Waals surface area contributed by atoms with Crippen LogP contribution in [0.5, 0.6) is 5.75 Å². The zero-order valence-corrected chi connectivity index (χ0v) is 9.97. The molecule has 2 rings (SSSR count). The van der Waals surface area contributed by atoms with Gasteiger partial charge in [-0.15, -0.1) is 0 Å². The minimum Gasteiger partial charge on any atom is -0.478 e. The summed E-state index contributed by atoms with van der Waals surface area (Å²) in [5.74, 6) is 0.219. The van der Waals surface area contributed by atoms with Gasteiger partial charge in [0.1, 0.15) is 5.75 Å². The Morgan fingerprint density at radius 2 is 2.29 bits per heavy atom. The number of cyclic esters (lactones) is 1. The number of aliphatic hydroxyl groups is 1. The predicted molar refractivity (Wildman–Crippen MR) is 61.8 cm³/mol. The topological polar surface area (TPSA) is 55.8 Å². The van der Waals surface area contributed by atoms with Gasteiger partial charge in [-0.1, -0.05) is 11.6 Å². The molecule has 1 N–H and O–H groups in total. The Kier molecular flexibility index (Phi) is 3.33. The SMILES string of the molecule is Cc1ccc(OC2CCOC2=O)c(C(C)O)c1. The number of esters is 1. The molecule has 2 atom stereocenters. The fourth-order valence-electron chi connectivity index (χ4n) is 1.84. The van der Waals surface area contributed by atoms with Gasteiger partial charge in [-0.25, -0.2) is 4.79 Å². The lowest BCUT2D eigenvalue weighted by molar-refractivity contribution is -0.143. The van der Waals surface area contributed by atoms with Crippen LogP contribution in [-0.2, 0) is 9.53 Å². The third-order valence-corrected chi connectivity index (χ3v) is 2.77. The number of carbonyl (C=O) groups is 1. The van der Waals surface area contributed by atoms with Crippen molar-refractivity contribution < 1.29 is 19.4 Å². The molecule has 4 nitrogen and oxygen atoms in total. The molecular formula is C13H16O4. The molecule has 4 heteroatoms. The molecule has 0 amide bonds. The Bertz CT molecular complexity index is 425. The van der Waals surface area contributed by atoms with Crippen LogP contribution in [-0.4, -0.2) is 23.8 Å². The maximum atomic E-state index is 11.3. The molecule has 1 saturated heterocycles. The lowest BCUT2D eigenvalue weighted by atomic mass is 10.1. The van der Waals surface area contributed by atoms with E-state index in [4.69, 9.17) is 9.47 Å². The van der Waals surface area contributed by atoms with Gasteiger partial charge in [0.05, 0.1) is 12.7 Å². The van der Waals surface area contributed by atoms with Crippen LogP contribution in [0.25, 0.3) is 0 Å². The van der Waals surface area contributed by atoms with Crippen LogP contribution in [0.3, 0.4) is 0 Å². The summed E-state index contributed by atoms with van der Waals surface area (Å²) in [5, 5.41) is 9.67. The minimum atomic E-state index is -0.623. The summed E-state index contributed by atoms with van der Waals surface area (Å²) < 4.78 is 10.4. The van der Waals surface area contributed by atoms with E-state index in [1.54, 1.807) is 13.0 Å². The number of hydrogen-bond acceptors (Lipinski definition) is 4. The zero-order chi connectivity index (χ0) is 12.4. The van der Waals surface area contributed by atoms with Gasteiger partial charge in [0.2, 0.25) is 0 Å². The lowest BCUT2D eigenvalue weighted by Gasteiger charge is -2.16. The Balaban J connectivity index is 2.22. The zero-order valence-electron chi connectivity index (χ0n) is 9.97. The molecule has 1 aromatic rings. The number of aliphatic hydroxyl groups excluding tert-OH is 1. The Morgan fingerprint density at radius 1 is 1.53 bits per heavy atom. The third-order valence-electron chi connectivity index (χ3n) is 2.77. The highest BCUT2D eigenvalue weighted by atomic mass is 16.6. The van der Waals surface area contributed by atoms with Gasteiger partial charge in [0.25, 0.3) is 0 Å². The van der Waals surface area contributed by atoms with Crippen LogP contribution in [0.15, 0.2) is 18.2 Å². The van der Waals surface area contributed by atoms with E-state index in [0.717, 1.165) is 5.56 Å². The van der Waals surface area contributed by atoms with Crippen molar-refractivity contribution in [1.82, 2.24) is 0 Å². The Hall–Kier alpha value is -1.55. The summed E-state index contributed by atoms with van der Waals surface area (Å²) in [6, 6.07) is 5.53. The van der Waals surface area contributed by atoms with E-state index in [9.17, 15) is 9.90 Å². The van der Waals surface area contributed by atoms with Gasteiger partial charge in [0, 0.05) is 12.0 Å². The van der Waals surface area contributed by atoms with Crippen molar-refractivity contribution >= 4 is 5.97 Å². The summed E-state index contributed by atoms with van der Waals surface area (Å²) in [4.78, 5) is 11.3. The molecule has 1 aromatic carbocycles. The second kappa shape index (κ2) is 4.75. The van der Waals surface area contributed by atoms with E-state index in [1.165, 1.54) is 0 Å². The molecule has 0 spiro atoms. The molecule has 0 aliphatic carbocycles. The minimum absolute atomic E-state index is 0.331. The summed E-state index contributed by atoms with van der Waals surface area (Å²) in [7, 11) is 0. The fourth-order valence-corrected chi connectivity index (χ4v) is 1.84. The number of hydrogen-bond donors (Lipinski definition) is 1. The fraction of sp³-hybridized carbons (Fsp3) is 0.462. The highest BCUT2D eigenvalue weighted by molar-refractivity contribution is 5.76. The van der Waals surface area contributed by atoms with Crippen molar-refractivity contribution in [2.45, 2.75) is 32.5 Å². The monoisotopic (exact) mass is 236 g/mol. The molecular weight excluding hydrogens is 220 g/mol. The average molecular weight is 236 g/mol. The van der Waals surface area contributed by atoms with Gasteiger partial charge in [-0.2, -0.15) is 0 Å². The van der Waals surface area contributed by atoms with Gasteiger partial charge < -0.3 is 14.6 Å². The first-order chi connectivity index (χ1) is 8.08. The second-order valence-electron chi connectivity index (χ2n) is 4.28. The molecule has 1 fully saturated rings. The summed E-state index contributed by atoms with van der Waals surface area (Å²) in [5.41, 5.74) is 1.74. The number of benzene rings is 1. The third kappa shape index (κ3) is 2.58. The lowest BCUT2D eigenvalue weighted by Crippen LogP contribution is -2.22.